The van der Waals surface area contributed by atoms with Gasteiger partial charge in [-0.2, -0.15) is 34.8 Å². The van der Waals surface area contributed by atoms with Crippen LogP contribution in [0.25, 0.3) is 0 Å². The topological polar surface area (TPSA) is 56.3 Å². The molecule has 12 heteroatoms. The molecule has 0 N–H and O–H groups in total. The Labute approximate surface area is 142 Å². The lowest BCUT2D eigenvalue weighted by molar-refractivity contribution is -0.143. The Morgan fingerprint density at radius 1 is 0.920 bits per heavy atom. The number of rotatable bonds is 3. The van der Waals surface area contributed by atoms with Crippen LogP contribution in [0.2, 0.25) is 5.15 Å². The van der Waals surface area contributed by atoms with Crippen molar-refractivity contribution in [2.45, 2.75) is 17.2 Å². The summed E-state index contributed by atoms with van der Waals surface area (Å²) in [6.07, 6.45) is -9.52. The van der Waals surface area contributed by atoms with Gasteiger partial charge in [-0.25, -0.2) is 4.98 Å². The number of benzene rings is 1. The van der Waals surface area contributed by atoms with E-state index < -0.39 is 44.2 Å². The second-order valence-electron chi connectivity index (χ2n) is 4.60. The van der Waals surface area contributed by atoms with E-state index in [1.807, 2.05) is 0 Å². The molecule has 1 heterocycles. The minimum absolute atomic E-state index is 0.0719. The Hall–Kier alpha value is -2.01. The lowest BCUT2D eigenvalue weighted by Crippen LogP contribution is -2.14. The van der Waals surface area contributed by atoms with Crippen LogP contribution in [-0.4, -0.2) is 13.4 Å². The van der Waals surface area contributed by atoms with Crippen LogP contribution < -0.4 is 4.18 Å². The average Bonchev–Trinajstić information content (AvgIpc) is 2.45. The molecule has 0 atom stereocenters. The zero-order chi connectivity index (χ0) is 19.0. The molecule has 0 fully saturated rings. The van der Waals surface area contributed by atoms with Gasteiger partial charge in [0.25, 0.3) is 0 Å². The number of halogens is 7. The van der Waals surface area contributed by atoms with Crippen molar-refractivity contribution in [2.75, 3.05) is 0 Å². The minimum Gasteiger partial charge on any atom is -0.379 e. The Morgan fingerprint density at radius 3 is 1.84 bits per heavy atom. The van der Waals surface area contributed by atoms with Gasteiger partial charge in [0, 0.05) is 0 Å². The van der Waals surface area contributed by atoms with Crippen molar-refractivity contribution < 1.29 is 38.9 Å². The van der Waals surface area contributed by atoms with E-state index in [0.29, 0.717) is 0 Å². The zero-order valence-electron chi connectivity index (χ0n) is 11.7. The fourth-order valence-electron chi connectivity index (χ4n) is 1.66. The lowest BCUT2D eigenvalue weighted by atomic mass is 10.1. The monoisotopic (exact) mass is 405 g/mol. The quantitative estimate of drug-likeness (QED) is 0.427. The summed E-state index contributed by atoms with van der Waals surface area (Å²) in [7, 11) is -4.71. The third-order valence-electron chi connectivity index (χ3n) is 2.76. The molecular formula is C13H6ClF6NO3S. The maximum atomic E-state index is 12.7. The molecule has 2 rings (SSSR count). The summed E-state index contributed by atoms with van der Waals surface area (Å²) in [6.45, 7) is 0. The maximum absolute atomic E-state index is 12.7. The molecule has 0 saturated carbocycles. The summed E-state index contributed by atoms with van der Waals surface area (Å²) in [5.41, 5.74) is -3.41. The van der Waals surface area contributed by atoms with Crippen LogP contribution >= 0.6 is 11.6 Å². The smallest absolute Gasteiger partial charge is 0.379 e. The fourth-order valence-corrected chi connectivity index (χ4v) is 2.63. The van der Waals surface area contributed by atoms with E-state index in [4.69, 9.17) is 11.6 Å². The Balaban J connectivity index is 2.49. The molecule has 0 unspecified atom stereocenters. The van der Waals surface area contributed by atoms with E-state index in [1.54, 1.807) is 0 Å². The van der Waals surface area contributed by atoms with Gasteiger partial charge in [0.05, 0.1) is 17.3 Å². The molecule has 0 saturated heterocycles. The number of alkyl halides is 6. The summed E-state index contributed by atoms with van der Waals surface area (Å²) in [6, 6.07) is 2.14. The molecule has 4 nitrogen and oxygen atoms in total. The first-order chi connectivity index (χ1) is 11.3. The molecular weight excluding hydrogens is 400 g/mol. The minimum atomic E-state index is -5.13. The summed E-state index contributed by atoms with van der Waals surface area (Å²) in [4.78, 5) is 2.85. The molecule has 0 spiro atoms. The molecule has 0 bridgehead atoms. The first-order valence-electron chi connectivity index (χ1n) is 6.14. The van der Waals surface area contributed by atoms with Gasteiger partial charge >= 0.3 is 22.5 Å². The summed E-state index contributed by atoms with van der Waals surface area (Å²) < 4.78 is 105. The van der Waals surface area contributed by atoms with Crippen molar-refractivity contribution in [1.29, 1.82) is 0 Å². The van der Waals surface area contributed by atoms with Crippen molar-refractivity contribution in [2.24, 2.45) is 0 Å². The van der Waals surface area contributed by atoms with Gasteiger partial charge in [0.15, 0.2) is 0 Å². The van der Waals surface area contributed by atoms with Gasteiger partial charge in [-0.1, -0.05) is 11.6 Å². The van der Waals surface area contributed by atoms with Crippen LogP contribution in [0.1, 0.15) is 11.1 Å². The third kappa shape index (κ3) is 4.75. The van der Waals surface area contributed by atoms with Crippen molar-refractivity contribution in [3.8, 4) is 5.75 Å². The first-order valence-corrected chi connectivity index (χ1v) is 7.93. The highest BCUT2D eigenvalue weighted by Crippen LogP contribution is 2.38. The number of pyridine rings is 1. The van der Waals surface area contributed by atoms with E-state index in [2.05, 4.69) is 9.17 Å². The Bertz CT molecular complexity index is 846. The highest BCUT2D eigenvalue weighted by atomic mass is 35.5. The van der Waals surface area contributed by atoms with Crippen molar-refractivity contribution in [3.63, 3.8) is 0 Å². The normalized spacial score (nSPS) is 12.9. The molecule has 1 aromatic carbocycles. The average molecular weight is 406 g/mol. The van der Waals surface area contributed by atoms with E-state index in [-0.39, 0.29) is 23.4 Å². The molecule has 0 aliphatic heterocycles. The van der Waals surface area contributed by atoms with Gasteiger partial charge in [-0.3, -0.25) is 0 Å². The second-order valence-corrected chi connectivity index (χ2v) is 6.53. The summed E-state index contributed by atoms with van der Waals surface area (Å²) >= 11 is 5.47. The maximum Gasteiger partial charge on any atom is 0.416 e. The Kier molecular flexibility index (Phi) is 4.92. The van der Waals surface area contributed by atoms with Crippen LogP contribution in [-0.2, 0) is 22.5 Å². The third-order valence-corrected chi connectivity index (χ3v) is 4.21. The largest absolute Gasteiger partial charge is 0.416 e. The van der Waals surface area contributed by atoms with Gasteiger partial charge in [-0.05, 0) is 30.3 Å². The molecule has 0 radical (unpaired) electrons. The SMILES string of the molecule is O=S(=O)(Oc1cc(C(F)(F)F)cc(C(F)(F)F)c1)c1ccc(Cl)nc1. The van der Waals surface area contributed by atoms with E-state index in [1.165, 1.54) is 0 Å². The van der Waals surface area contributed by atoms with Crippen LogP contribution in [0.3, 0.4) is 0 Å². The van der Waals surface area contributed by atoms with Crippen LogP contribution in [0, 0.1) is 0 Å². The van der Waals surface area contributed by atoms with Crippen molar-refractivity contribution >= 4 is 21.7 Å². The zero-order valence-corrected chi connectivity index (χ0v) is 13.3. The van der Waals surface area contributed by atoms with E-state index in [0.717, 1.165) is 18.3 Å². The van der Waals surface area contributed by atoms with Gasteiger partial charge < -0.3 is 4.18 Å². The first kappa shape index (κ1) is 19.3. The molecule has 136 valence electrons. The van der Waals surface area contributed by atoms with Gasteiger partial charge in [0.1, 0.15) is 15.8 Å². The number of hydrogen-bond donors (Lipinski definition) is 0. The van der Waals surface area contributed by atoms with Gasteiger partial charge in [-0.15, -0.1) is 0 Å². The van der Waals surface area contributed by atoms with Crippen LogP contribution in [0.15, 0.2) is 41.4 Å². The number of nitrogens with zero attached hydrogens (tertiary/aromatic N) is 1. The highest BCUT2D eigenvalue weighted by molar-refractivity contribution is 7.87. The molecule has 2 aromatic rings. The van der Waals surface area contributed by atoms with E-state index >= 15 is 0 Å². The highest BCUT2D eigenvalue weighted by Gasteiger charge is 2.37. The number of aromatic nitrogens is 1. The standard InChI is InChI=1S/C13H6ClF6NO3S/c14-11-2-1-10(6-21-11)25(22,23)24-9-4-7(12(15,16)17)3-8(5-9)13(18,19)20/h1-6H. The fraction of sp³-hybridized carbons (Fsp3) is 0.154. The lowest BCUT2D eigenvalue weighted by Gasteiger charge is -2.14. The predicted molar refractivity (Wildman–Crippen MR) is 73.5 cm³/mol. The molecule has 0 aliphatic carbocycles. The van der Waals surface area contributed by atoms with Crippen LogP contribution in [0.5, 0.6) is 5.75 Å². The molecule has 0 aliphatic rings. The Morgan fingerprint density at radius 2 is 1.44 bits per heavy atom. The molecule has 25 heavy (non-hydrogen) atoms. The van der Waals surface area contributed by atoms with Crippen molar-refractivity contribution in [1.82, 2.24) is 4.98 Å². The molecule has 0 amide bonds. The summed E-state index contributed by atoms with van der Waals surface area (Å²) in [5, 5.41) is -0.0719. The summed E-state index contributed by atoms with van der Waals surface area (Å²) in [5.74, 6) is -1.14. The second kappa shape index (κ2) is 6.37. The van der Waals surface area contributed by atoms with E-state index in [9.17, 15) is 34.8 Å². The van der Waals surface area contributed by atoms with Crippen LogP contribution in [0.4, 0.5) is 26.3 Å². The number of hydrogen-bond acceptors (Lipinski definition) is 4. The van der Waals surface area contributed by atoms with Crippen molar-refractivity contribution in [3.05, 3.63) is 52.8 Å². The predicted octanol–water partition coefficient (Wildman–Crippen LogP) is 4.54. The van der Waals surface area contributed by atoms with Gasteiger partial charge in [0.2, 0.25) is 0 Å². The molecule has 1 aromatic heterocycles.